The van der Waals surface area contributed by atoms with E-state index in [1.807, 2.05) is 7.05 Å². The summed E-state index contributed by atoms with van der Waals surface area (Å²) in [4.78, 5) is 1.37. The Kier molecular flexibility index (Phi) is 5.02. The average Bonchev–Trinajstić information content (AvgIpc) is 2.75. The first kappa shape index (κ1) is 13.5. The van der Waals surface area contributed by atoms with Crippen LogP contribution in [0.3, 0.4) is 0 Å². The highest BCUT2D eigenvalue weighted by Crippen LogP contribution is 2.30. The normalized spacial score (nSPS) is 12.6. The van der Waals surface area contributed by atoms with Crippen LogP contribution in [0.4, 0.5) is 0 Å². The lowest BCUT2D eigenvalue weighted by Gasteiger charge is -2.15. The van der Waals surface area contributed by atoms with Gasteiger partial charge in [-0.2, -0.15) is 0 Å². The Bertz CT molecular complexity index is 480. The Morgan fingerprint density at radius 1 is 1.29 bits per heavy atom. The molecule has 0 saturated heterocycles. The van der Waals surface area contributed by atoms with Crippen LogP contribution in [-0.4, -0.2) is 7.05 Å². The Labute approximate surface area is 128 Å². The molecule has 0 aliphatic heterocycles. The molecule has 1 aromatic heterocycles. The summed E-state index contributed by atoms with van der Waals surface area (Å²) in [5, 5.41) is 5.51. The van der Waals surface area contributed by atoms with Gasteiger partial charge >= 0.3 is 0 Å². The van der Waals surface area contributed by atoms with Crippen molar-refractivity contribution < 1.29 is 0 Å². The molecule has 1 nitrogen and oxygen atoms in total. The van der Waals surface area contributed by atoms with Crippen molar-refractivity contribution in [2.45, 2.75) is 12.5 Å². The predicted molar refractivity (Wildman–Crippen MR) is 86.7 cm³/mol. The second-order valence-corrected chi connectivity index (χ2v) is 6.85. The van der Waals surface area contributed by atoms with E-state index in [1.165, 1.54) is 18.5 Å². The van der Waals surface area contributed by atoms with Crippen molar-refractivity contribution in [2.24, 2.45) is 0 Å². The van der Waals surface area contributed by atoms with Gasteiger partial charge in [0.2, 0.25) is 0 Å². The van der Waals surface area contributed by atoms with Gasteiger partial charge in [-0.05, 0) is 81.1 Å². The van der Waals surface area contributed by atoms with Crippen molar-refractivity contribution >= 4 is 49.9 Å². The maximum absolute atomic E-state index is 3.60. The fraction of sp³-hybridized carbons (Fsp3) is 0.231. The molecule has 2 rings (SSSR count). The van der Waals surface area contributed by atoms with E-state index in [0.717, 1.165) is 6.42 Å². The van der Waals surface area contributed by atoms with Crippen LogP contribution >= 0.6 is 49.9 Å². The lowest BCUT2D eigenvalue weighted by atomic mass is 10.1. The van der Waals surface area contributed by atoms with Gasteiger partial charge in [-0.15, -0.1) is 11.3 Å². The van der Waals surface area contributed by atoms with Crippen LogP contribution in [0.2, 0.25) is 0 Å². The van der Waals surface area contributed by atoms with E-state index in [-0.39, 0.29) is 0 Å². The van der Waals surface area contributed by atoms with Crippen molar-refractivity contribution in [1.82, 2.24) is 5.32 Å². The number of nitrogens with one attached hydrogen (secondary N) is 1. The summed E-state index contributed by atoms with van der Waals surface area (Å²) in [7, 11) is 2.02. The van der Waals surface area contributed by atoms with Crippen LogP contribution in [0.25, 0.3) is 0 Å². The number of thiophene rings is 1. The number of halogens is 2. The van der Waals surface area contributed by atoms with Gasteiger partial charge < -0.3 is 5.32 Å². The maximum atomic E-state index is 3.60. The van der Waals surface area contributed by atoms with E-state index in [0.29, 0.717) is 6.04 Å². The summed E-state index contributed by atoms with van der Waals surface area (Å²) in [6, 6.07) is 11.2. The molecule has 0 saturated carbocycles. The van der Waals surface area contributed by atoms with Gasteiger partial charge in [-0.3, -0.25) is 0 Å². The van der Waals surface area contributed by atoms with Crippen molar-refractivity contribution in [2.75, 3.05) is 7.05 Å². The summed E-state index contributed by atoms with van der Waals surface area (Å²) in [6.45, 7) is 0. The minimum Gasteiger partial charge on any atom is -0.312 e. The van der Waals surface area contributed by atoms with E-state index in [1.54, 1.807) is 11.3 Å². The van der Waals surface area contributed by atoms with Crippen molar-refractivity contribution in [3.05, 3.63) is 54.2 Å². The Hall–Kier alpha value is 0.0900. The Morgan fingerprint density at radius 3 is 2.53 bits per heavy atom. The van der Waals surface area contributed by atoms with E-state index >= 15 is 0 Å². The highest BCUT2D eigenvalue weighted by atomic mass is 127. The van der Waals surface area contributed by atoms with E-state index < -0.39 is 0 Å². The van der Waals surface area contributed by atoms with E-state index in [9.17, 15) is 0 Å². The second kappa shape index (κ2) is 6.31. The van der Waals surface area contributed by atoms with Gasteiger partial charge in [-0.25, -0.2) is 0 Å². The smallest absolute Gasteiger partial charge is 0.0464 e. The first-order chi connectivity index (χ1) is 8.20. The molecule has 90 valence electrons. The molecule has 4 heteroatoms. The summed E-state index contributed by atoms with van der Waals surface area (Å²) in [5.41, 5.74) is 1.37. The standard InChI is InChI=1S/C13H13BrINS/c1-16-12(13-11(14)6-7-17-13)8-9-2-4-10(15)5-3-9/h2-7,12,16H,8H2,1H3. The lowest BCUT2D eigenvalue weighted by molar-refractivity contribution is 0.600. The highest BCUT2D eigenvalue weighted by molar-refractivity contribution is 14.1. The molecule has 0 amide bonds. The molecular weight excluding hydrogens is 409 g/mol. The largest absolute Gasteiger partial charge is 0.312 e. The number of hydrogen-bond acceptors (Lipinski definition) is 2. The van der Waals surface area contributed by atoms with Crippen LogP contribution < -0.4 is 5.32 Å². The minimum atomic E-state index is 0.379. The molecule has 1 N–H and O–H groups in total. The van der Waals surface area contributed by atoms with Crippen molar-refractivity contribution in [3.8, 4) is 0 Å². The van der Waals surface area contributed by atoms with Gasteiger partial charge in [0, 0.05) is 19.0 Å². The van der Waals surface area contributed by atoms with E-state index in [4.69, 9.17) is 0 Å². The first-order valence-corrected chi connectivity index (χ1v) is 8.10. The fourth-order valence-corrected chi connectivity index (χ4v) is 3.86. The number of likely N-dealkylation sites (N-methyl/N-ethyl adjacent to an activating group) is 1. The molecule has 1 unspecified atom stereocenters. The summed E-state index contributed by atoms with van der Waals surface area (Å²) in [5.74, 6) is 0. The molecule has 0 radical (unpaired) electrons. The molecule has 1 atom stereocenters. The molecule has 0 fully saturated rings. The summed E-state index contributed by atoms with van der Waals surface area (Å²) in [6.07, 6.45) is 1.02. The van der Waals surface area contributed by atoms with Gasteiger partial charge in [0.15, 0.2) is 0 Å². The van der Waals surface area contributed by atoms with Gasteiger partial charge in [0.25, 0.3) is 0 Å². The first-order valence-electron chi connectivity index (χ1n) is 5.35. The van der Waals surface area contributed by atoms with Crippen LogP contribution in [0.5, 0.6) is 0 Å². The van der Waals surface area contributed by atoms with Crippen molar-refractivity contribution in [1.29, 1.82) is 0 Å². The molecule has 0 bridgehead atoms. The van der Waals surface area contributed by atoms with Gasteiger partial charge in [-0.1, -0.05) is 12.1 Å². The second-order valence-electron chi connectivity index (χ2n) is 3.80. The molecule has 0 aliphatic carbocycles. The molecule has 0 aliphatic rings. The molecule has 2 aromatic rings. The zero-order valence-electron chi connectivity index (χ0n) is 9.41. The monoisotopic (exact) mass is 421 g/mol. The number of benzene rings is 1. The van der Waals surface area contributed by atoms with E-state index in [2.05, 4.69) is 79.5 Å². The number of rotatable bonds is 4. The third kappa shape index (κ3) is 3.53. The topological polar surface area (TPSA) is 12.0 Å². The van der Waals surface area contributed by atoms with Crippen molar-refractivity contribution in [3.63, 3.8) is 0 Å². The number of hydrogen-bond donors (Lipinski definition) is 1. The SMILES string of the molecule is CNC(Cc1ccc(I)cc1)c1sccc1Br. The Balaban J connectivity index is 2.16. The third-order valence-electron chi connectivity index (χ3n) is 2.66. The molecular formula is C13H13BrINS. The van der Waals surface area contributed by atoms with Crippen LogP contribution in [0.1, 0.15) is 16.5 Å². The molecule has 0 spiro atoms. The fourth-order valence-electron chi connectivity index (χ4n) is 1.74. The summed E-state index contributed by atoms with van der Waals surface area (Å²) < 4.78 is 2.48. The quantitative estimate of drug-likeness (QED) is 0.710. The highest BCUT2D eigenvalue weighted by Gasteiger charge is 2.14. The zero-order chi connectivity index (χ0) is 12.3. The third-order valence-corrected chi connectivity index (χ3v) is 5.37. The summed E-state index contributed by atoms with van der Waals surface area (Å²) >= 11 is 7.73. The predicted octanol–water partition coefficient (Wildman–Crippen LogP) is 4.62. The van der Waals surface area contributed by atoms with Gasteiger partial charge in [0.05, 0.1) is 0 Å². The average molecular weight is 422 g/mol. The maximum Gasteiger partial charge on any atom is 0.0464 e. The lowest BCUT2D eigenvalue weighted by Crippen LogP contribution is -2.18. The Morgan fingerprint density at radius 2 is 2.00 bits per heavy atom. The van der Waals surface area contributed by atoms with Crippen LogP contribution in [0.15, 0.2) is 40.2 Å². The molecule has 1 heterocycles. The van der Waals surface area contributed by atoms with Gasteiger partial charge in [0.1, 0.15) is 0 Å². The molecule has 17 heavy (non-hydrogen) atoms. The van der Waals surface area contributed by atoms with Crippen LogP contribution in [0, 0.1) is 3.57 Å². The molecule has 1 aromatic carbocycles. The zero-order valence-corrected chi connectivity index (χ0v) is 14.0. The van der Waals surface area contributed by atoms with Crippen LogP contribution in [-0.2, 0) is 6.42 Å². The minimum absolute atomic E-state index is 0.379.